The van der Waals surface area contributed by atoms with Gasteiger partial charge in [-0.2, -0.15) is 0 Å². The molecule has 0 saturated carbocycles. The van der Waals surface area contributed by atoms with Gasteiger partial charge in [0.2, 0.25) is 0 Å². The van der Waals surface area contributed by atoms with E-state index in [0.717, 1.165) is 16.1 Å². The number of hydrogen-bond donors (Lipinski definition) is 1. The van der Waals surface area contributed by atoms with Crippen LogP contribution < -0.4 is 5.73 Å². The fourth-order valence-electron chi connectivity index (χ4n) is 2.52. The van der Waals surface area contributed by atoms with Crippen molar-refractivity contribution >= 4 is 15.9 Å². The normalized spacial score (nSPS) is 11.0. The average Bonchev–Trinajstić information content (AvgIpc) is 2.55. The zero-order valence-corrected chi connectivity index (χ0v) is 12.8. The molecule has 2 aromatic rings. The first-order chi connectivity index (χ1) is 8.45. The van der Waals surface area contributed by atoms with Gasteiger partial charge in [-0.15, -0.1) is 0 Å². The van der Waals surface area contributed by atoms with Crippen LogP contribution in [-0.4, -0.2) is 9.55 Å². The summed E-state index contributed by atoms with van der Waals surface area (Å²) in [6, 6.07) is 4.40. The van der Waals surface area contributed by atoms with E-state index in [1.165, 1.54) is 22.3 Å². The van der Waals surface area contributed by atoms with Gasteiger partial charge in [0.1, 0.15) is 10.4 Å². The van der Waals surface area contributed by atoms with E-state index < -0.39 is 0 Å². The van der Waals surface area contributed by atoms with Gasteiger partial charge < -0.3 is 10.3 Å². The van der Waals surface area contributed by atoms with E-state index in [1.807, 2.05) is 7.05 Å². The average molecular weight is 308 g/mol. The highest BCUT2D eigenvalue weighted by molar-refractivity contribution is 9.10. The number of nitrogens with zero attached hydrogens (tertiary/aromatic N) is 2. The van der Waals surface area contributed by atoms with Gasteiger partial charge in [-0.05, 0) is 47.8 Å². The maximum atomic E-state index is 5.71. The molecule has 2 rings (SSSR count). The molecule has 0 amide bonds. The van der Waals surface area contributed by atoms with Gasteiger partial charge in [-0.25, -0.2) is 4.98 Å². The molecule has 0 atom stereocenters. The van der Waals surface area contributed by atoms with Crippen molar-refractivity contribution in [2.45, 2.75) is 27.3 Å². The van der Waals surface area contributed by atoms with E-state index in [9.17, 15) is 0 Å². The summed E-state index contributed by atoms with van der Waals surface area (Å²) in [5, 5.41) is 0. The van der Waals surface area contributed by atoms with Crippen molar-refractivity contribution in [1.82, 2.24) is 9.55 Å². The summed E-state index contributed by atoms with van der Waals surface area (Å²) < 4.78 is 2.93. The fourth-order valence-corrected chi connectivity index (χ4v) is 3.18. The molecular weight excluding hydrogens is 290 g/mol. The predicted molar refractivity (Wildman–Crippen MR) is 78.4 cm³/mol. The number of aromatic nitrogens is 2. The maximum Gasteiger partial charge on any atom is 0.132 e. The van der Waals surface area contributed by atoms with Gasteiger partial charge in [0, 0.05) is 12.6 Å². The van der Waals surface area contributed by atoms with Crippen LogP contribution in [0.25, 0.3) is 11.3 Å². The molecule has 1 aromatic heterocycles. The topological polar surface area (TPSA) is 43.8 Å². The van der Waals surface area contributed by atoms with Crippen molar-refractivity contribution in [3.05, 3.63) is 39.3 Å². The molecule has 2 N–H and O–H groups in total. The molecule has 0 aliphatic carbocycles. The fraction of sp³-hybridized carbons (Fsp3) is 0.357. The van der Waals surface area contributed by atoms with Gasteiger partial charge in [0.05, 0.1) is 12.2 Å². The molecule has 0 spiro atoms. The third-order valence-electron chi connectivity index (χ3n) is 3.24. The lowest BCUT2D eigenvalue weighted by molar-refractivity contribution is 0.798. The molecule has 0 radical (unpaired) electrons. The summed E-state index contributed by atoms with van der Waals surface area (Å²) in [5.41, 5.74) is 11.9. The van der Waals surface area contributed by atoms with Crippen LogP contribution >= 0.6 is 15.9 Å². The number of imidazole rings is 1. The number of rotatable bonds is 2. The molecule has 1 aromatic carbocycles. The Hall–Kier alpha value is -1.13. The second-order valence-corrected chi connectivity index (χ2v) is 5.46. The van der Waals surface area contributed by atoms with Gasteiger partial charge >= 0.3 is 0 Å². The van der Waals surface area contributed by atoms with Crippen LogP contribution in [0, 0.1) is 20.8 Å². The van der Waals surface area contributed by atoms with Crippen molar-refractivity contribution in [1.29, 1.82) is 0 Å². The number of nitrogens with two attached hydrogens (primary N) is 1. The summed E-state index contributed by atoms with van der Waals surface area (Å²) in [5.74, 6) is 0.885. The van der Waals surface area contributed by atoms with Crippen LogP contribution in [0.3, 0.4) is 0 Å². The minimum atomic E-state index is 0.444. The minimum Gasteiger partial charge on any atom is -0.329 e. The van der Waals surface area contributed by atoms with Crippen LogP contribution in [0.4, 0.5) is 0 Å². The molecule has 4 heteroatoms. The standard InChI is InChI=1S/C14H18BrN3/c1-8-5-9(2)12(10(3)6-8)13-14(15)17-11(7-16)18(13)4/h5-6H,7,16H2,1-4H3. The van der Waals surface area contributed by atoms with Crippen molar-refractivity contribution < 1.29 is 0 Å². The molecular formula is C14H18BrN3. The van der Waals surface area contributed by atoms with E-state index in [4.69, 9.17) is 5.73 Å². The molecule has 3 nitrogen and oxygen atoms in total. The molecule has 0 aliphatic rings. The van der Waals surface area contributed by atoms with E-state index in [0.29, 0.717) is 6.54 Å². The second kappa shape index (κ2) is 4.86. The molecule has 1 heterocycles. The van der Waals surface area contributed by atoms with E-state index >= 15 is 0 Å². The summed E-state index contributed by atoms with van der Waals surface area (Å²) in [7, 11) is 2.01. The number of benzene rings is 1. The zero-order chi connectivity index (χ0) is 13.4. The molecule has 0 aliphatic heterocycles. The Morgan fingerprint density at radius 3 is 2.22 bits per heavy atom. The summed E-state index contributed by atoms with van der Waals surface area (Å²) in [6.45, 7) is 6.83. The smallest absolute Gasteiger partial charge is 0.132 e. The summed E-state index contributed by atoms with van der Waals surface area (Å²) >= 11 is 3.54. The van der Waals surface area contributed by atoms with Crippen LogP contribution in [0.5, 0.6) is 0 Å². The SMILES string of the molecule is Cc1cc(C)c(-c2c(Br)nc(CN)n2C)c(C)c1. The molecule has 96 valence electrons. The Kier molecular flexibility index (Phi) is 3.59. The second-order valence-electron chi connectivity index (χ2n) is 4.70. The molecule has 0 fully saturated rings. The van der Waals surface area contributed by atoms with Gasteiger partial charge in [0.25, 0.3) is 0 Å². The van der Waals surface area contributed by atoms with E-state index in [1.54, 1.807) is 0 Å². The third kappa shape index (κ3) is 2.10. The Bertz CT molecular complexity index is 576. The van der Waals surface area contributed by atoms with Gasteiger partial charge in [-0.1, -0.05) is 17.7 Å². The lowest BCUT2D eigenvalue weighted by atomic mass is 9.97. The lowest BCUT2D eigenvalue weighted by Gasteiger charge is -2.13. The predicted octanol–water partition coefficient (Wildman–Crippen LogP) is 3.23. The van der Waals surface area contributed by atoms with Crippen LogP contribution in [0.1, 0.15) is 22.5 Å². The highest BCUT2D eigenvalue weighted by atomic mass is 79.9. The summed E-state index contributed by atoms with van der Waals surface area (Å²) in [4.78, 5) is 4.46. The third-order valence-corrected chi connectivity index (χ3v) is 3.79. The molecule has 0 unspecified atom stereocenters. The first-order valence-corrected chi connectivity index (χ1v) is 6.74. The first kappa shape index (κ1) is 13.3. The van der Waals surface area contributed by atoms with Crippen molar-refractivity contribution in [2.75, 3.05) is 0 Å². The maximum absolute atomic E-state index is 5.71. The number of aryl methyl sites for hydroxylation is 3. The Balaban J connectivity index is 2.73. The van der Waals surface area contributed by atoms with Gasteiger partial charge in [-0.3, -0.25) is 0 Å². The minimum absolute atomic E-state index is 0.444. The van der Waals surface area contributed by atoms with Crippen molar-refractivity contribution in [2.24, 2.45) is 12.8 Å². The highest BCUT2D eigenvalue weighted by Gasteiger charge is 2.17. The molecule has 0 bridgehead atoms. The monoisotopic (exact) mass is 307 g/mol. The molecule has 0 saturated heterocycles. The quantitative estimate of drug-likeness (QED) is 0.925. The lowest BCUT2D eigenvalue weighted by Crippen LogP contribution is -2.06. The molecule has 18 heavy (non-hydrogen) atoms. The number of halogens is 1. The van der Waals surface area contributed by atoms with Crippen LogP contribution in [0.2, 0.25) is 0 Å². The number of hydrogen-bond acceptors (Lipinski definition) is 2. The van der Waals surface area contributed by atoms with Gasteiger partial charge in [0.15, 0.2) is 0 Å². The Labute approximate surface area is 116 Å². The van der Waals surface area contributed by atoms with Crippen LogP contribution in [-0.2, 0) is 13.6 Å². The Morgan fingerprint density at radius 2 is 1.78 bits per heavy atom. The van der Waals surface area contributed by atoms with E-state index in [2.05, 4.69) is 58.4 Å². The van der Waals surface area contributed by atoms with Crippen molar-refractivity contribution in [3.63, 3.8) is 0 Å². The highest BCUT2D eigenvalue weighted by Crippen LogP contribution is 2.33. The van der Waals surface area contributed by atoms with E-state index in [-0.39, 0.29) is 0 Å². The largest absolute Gasteiger partial charge is 0.329 e. The summed E-state index contributed by atoms with van der Waals surface area (Å²) in [6.07, 6.45) is 0. The first-order valence-electron chi connectivity index (χ1n) is 5.95. The zero-order valence-electron chi connectivity index (χ0n) is 11.2. The van der Waals surface area contributed by atoms with Crippen molar-refractivity contribution in [3.8, 4) is 11.3 Å². The van der Waals surface area contributed by atoms with Crippen LogP contribution in [0.15, 0.2) is 16.7 Å². The Morgan fingerprint density at radius 1 is 1.22 bits per heavy atom.